The maximum Gasteiger partial charge on any atom is 0.0721 e. The lowest BCUT2D eigenvalue weighted by Crippen LogP contribution is -2.47. The Balaban J connectivity index is 1.31. The van der Waals surface area contributed by atoms with Gasteiger partial charge in [-0.3, -0.25) is 0 Å². The van der Waals surface area contributed by atoms with E-state index in [4.69, 9.17) is 4.74 Å². The fourth-order valence-electron chi connectivity index (χ4n) is 4.45. The molecule has 4 heteroatoms. The van der Waals surface area contributed by atoms with Gasteiger partial charge in [-0.05, 0) is 76.9 Å². The second-order valence-electron chi connectivity index (χ2n) is 7.50. The summed E-state index contributed by atoms with van der Waals surface area (Å²) in [5, 5.41) is 14.1. The summed E-state index contributed by atoms with van der Waals surface area (Å²) < 4.78 is 6.08. The zero-order chi connectivity index (χ0) is 15.2. The van der Waals surface area contributed by atoms with E-state index < -0.39 is 0 Å². The van der Waals surface area contributed by atoms with Gasteiger partial charge in [0.15, 0.2) is 0 Å². The van der Waals surface area contributed by atoms with Gasteiger partial charge in [0.2, 0.25) is 0 Å². The molecule has 2 saturated heterocycles. The van der Waals surface area contributed by atoms with E-state index in [1.165, 1.54) is 38.8 Å². The molecule has 3 rings (SSSR count). The maximum absolute atomic E-state index is 10.6. The number of ether oxygens (including phenoxy) is 1. The molecule has 3 fully saturated rings. The third kappa shape index (κ3) is 4.67. The van der Waals surface area contributed by atoms with Crippen molar-refractivity contribution in [3.05, 3.63) is 0 Å². The highest BCUT2D eigenvalue weighted by Crippen LogP contribution is 2.31. The summed E-state index contributed by atoms with van der Waals surface area (Å²) in [4.78, 5) is 2.52. The smallest absolute Gasteiger partial charge is 0.0721 e. The Morgan fingerprint density at radius 3 is 2.45 bits per heavy atom. The molecule has 0 aromatic rings. The van der Waals surface area contributed by atoms with Crippen LogP contribution < -0.4 is 5.32 Å². The molecule has 2 unspecified atom stereocenters. The van der Waals surface area contributed by atoms with Crippen molar-refractivity contribution in [2.45, 2.75) is 76.0 Å². The SMILES string of the molecule is OC(C1CCC(OCCN2CCCC2)CC1)C1CCCCN1. The number of piperidine rings is 1. The summed E-state index contributed by atoms with van der Waals surface area (Å²) in [7, 11) is 0. The third-order valence-corrected chi connectivity index (χ3v) is 5.92. The van der Waals surface area contributed by atoms with E-state index in [9.17, 15) is 5.11 Å². The first-order valence-corrected chi connectivity index (χ1v) is 9.58. The molecule has 1 aliphatic carbocycles. The van der Waals surface area contributed by atoms with Crippen LogP contribution in [-0.2, 0) is 4.74 Å². The van der Waals surface area contributed by atoms with Crippen molar-refractivity contribution in [1.29, 1.82) is 0 Å². The maximum atomic E-state index is 10.6. The quantitative estimate of drug-likeness (QED) is 0.789. The summed E-state index contributed by atoms with van der Waals surface area (Å²) in [6, 6.07) is 0.339. The largest absolute Gasteiger partial charge is 0.391 e. The minimum absolute atomic E-state index is 0.147. The second-order valence-corrected chi connectivity index (χ2v) is 7.50. The Hall–Kier alpha value is -0.160. The molecule has 2 atom stereocenters. The topological polar surface area (TPSA) is 44.7 Å². The van der Waals surface area contributed by atoms with E-state index >= 15 is 0 Å². The number of nitrogens with one attached hydrogen (secondary N) is 1. The average Bonchev–Trinajstić information content (AvgIpc) is 3.09. The van der Waals surface area contributed by atoms with Gasteiger partial charge in [0, 0.05) is 12.6 Å². The molecule has 128 valence electrons. The second kappa shape index (κ2) is 8.62. The Morgan fingerprint density at radius 1 is 1.00 bits per heavy atom. The highest BCUT2D eigenvalue weighted by atomic mass is 16.5. The Kier molecular flexibility index (Phi) is 6.54. The van der Waals surface area contributed by atoms with E-state index in [0.717, 1.165) is 51.8 Å². The molecule has 4 nitrogen and oxygen atoms in total. The molecule has 0 bridgehead atoms. The standard InChI is InChI=1S/C18H34N2O2/c21-18(17-5-1-2-10-19-17)15-6-8-16(9-7-15)22-14-13-20-11-3-4-12-20/h15-19,21H,1-14H2. The molecule has 2 heterocycles. The van der Waals surface area contributed by atoms with Crippen molar-refractivity contribution in [3.8, 4) is 0 Å². The first-order valence-electron chi connectivity index (χ1n) is 9.58. The Morgan fingerprint density at radius 2 is 1.77 bits per heavy atom. The van der Waals surface area contributed by atoms with Crippen LogP contribution >= 0.6 is 0 Å². The zero-order valence-corrected chi connectivity index (χ0v) is 14.0. The predicted octanol–water partition coefficient (Wildman–Crippen LogP) is 2.16. The van der Waals surface area contributed by atoms with Gasteiger partial charge in [-0.15, -0.1) is 0 Å². The van der Waals surface area contributed by atoms with Gasteiger partial charge in [0.1, 0.15) is 0 Å². The van der Waals surface area contributed by atoms with Crippen molar-refractivity contribution in [2.75, 3.05) is 32.8 Å². The van der Waals surface area contributed by atoms with Crippen LogP contribution in [0, 0.1) is 5.92 Å². The summed E-state index contributed by atoms with van der Waals surface area (Å²) in [5.74, 6) is 0.481. The molecule has 22 heavy (non-hydrogen) atoms. The number of hydrogen-bond donors (Lipinski definition) is 2. The number of rotatable bonds is 6. The molecule has 2 aliphatic heterocycles. The van der Waals surface area contributed by atoms with Crippen LogP contribution in [-0.4, -0.2) is 61.0 Å². The summed E-state index contributed by atoms with van der Waals surface area (Å²) in [5.41, 5.74) is 0. The van der Waals surface area contributed by atoms with Gasteiger partial charge in [0.05, 0.1) is 18.8 Å². The van der Waals surface area contributed by atoms with Crippen LogP contribution in [0.4, 0.5) is 0 Å². The first kappa shape index (κ1) is 16.7. The van der Waals surface area contributed by atoms with Crippen LogP contribution in [0.2, 0.25) is 0 Å². The van der Waals surface area contributed by atoms with Crippen molar-refractivity contribution < 1.29 is 9.84 Å². The van der Waals surface area contributed by atoms with Crippen LogP contribution in [0.25, 0.3) is 0 Å². The van der Waals surface area contributed by atoms with Crippen LogP contribution in [0.3, 0.4) is 0 Å². The normalized spacial score (nSPS) is 35.6. The monoisotopic (exact) mass is 310 g/mol. The number of likely N-dealkylation sites (tertiary alicyclic amines) is 1. The van der Waals surface area contributed by atoms with Crippen molar-refractivity contribution in [3.63, 3.8) is 0 Å². The summed E-state index contributed by atoms with van der Waals surface area (Å²) in [6.45, 7) is 5.60. The van der Waals surface area contributed by atoms with Gasteiger partial charge in [-0.2, -0.15) is 0 Å². The van der Waals surface area contributed by atoms with Crippen molar-refractivity contribution in [1.82, 2.24) is 10.2 Å². The van der Waals surface area contributed by atoms with Crippen LogP contribution in [0.15, 0.2) is 0 Å². The van der Waals surface area contributed by atoms with Gasteiger partial charge in [0.25, 0.3) is 0 Å². The predicted molar refractivity (Wildman–Crippen MR) is 89.0 cm³/mol. The molecular formula is C18H34N2O2. The molecule has 0 radical (unpaired) electrons. The van der Waals surface area contributed by atoms with E-state index in [2.05, 4.69) is 10.2 Å². The molecule has 2 N–H and O–H groups in total. The van der Waals surface area contributed by atoms with Gasteiger partial charge < -0.3 is 20.1 Å². The van der Waals surface area contributed by atoms with Gasteiger partial charge >= 0.3 is 0 Å². The summed E-state index contributed by atoms with van der Waals surface area (Å²) >= 11 is 0. The fourth-order valence-corrected chi connectivity index (χ4v) is 4.45. The first-order chi connectivity index (χ1) is 10.8. The van der Waals surface area contributed by atoms with Crippen LogP contribution in [0.1, 0.15) is 57.8 Å². The van der Waals surface area contributed by atoms with E-state index in [0.29, 0.717) is 18.1 Å². The number of hydrogen-bond acceptors (Lipinski definition) is 4. The Bertz CT molecular complexity index is 306. The molecule has 0 spiro atoms. The van der Waals surface area contributed by atoms with Crippen molar-refractivity contribution in [2.24, 2.45) is 5.92 Å². The summed E-state index contributed by atoms with van der Waals surface area (Å²) in [6.07, 6.45) is 11.2. The zero-order valence-electron chi connectivity index (χ0n) is 14.0. The molecule has 0 aromatic carbocycles. The average molecular weight is 310 g/mol. The molecule has 1 saturated carbocycles. The lowest BCUT2D eigenvalue weighted by Gasteiger charge is -2.37. The third-order valence-electron chi connectivity index (χ3n) is 5.92. The number of aliphatic hydroxyl groups is 1. The molecular weight excluding hydrogens is 276 g/mol. The van der Waals surface area contributed by atoms with Gasteiger partial charge in [-0.25, -0.2) is 0 Å². The van der Waals surface area contributed by atoms with Crippen molar-refractivity contribution >= 4 is 0 Å². The minimum atomic E-state index is -0.147. The Labute approximate surface area is 135 Å². The van der Waals surface area contributed by atoms with Gasteiger partial charge in [-0.1, -0.05) is 6.42 Å². The molecule has 0 aromatic heterocycles. The van der Waals surface area contributed by atoms with E-state index in [1.54, 1.807) is 0 Å². The fraction of sp³-hybridized carbons (Fsp3) is 1.00. The highest BCUT2D eigenvalue weighted by molar-refractivity contribution is 4.87. The number of aliphatic hydroxyl groups excluding tert-OH is 1. The van der Waals surface area contributed by atoms with E-state index in [-0.39, 0.29) is 6.10 Å². The van der Waals surface area contributed by atoms with Crippen LogP contribution in [0.5, 0.6) is 0 Å². The highest BCUT2D eigenvalue weighted by Gasteiger charge is 2.32. The minimum Gasteiger partial charge on any atom is -0.391 e. The molecule has 3 aliphatic rings. The lowest BCUT2D eigenvalue weighted by molar-refractivity contribution is -0.0202. The lowest BCUT2D eigenvalue weighted by atomic mass is 9.80. The number of nitrogens with zero attached hydrogens (tertiary/aromatic N) is 1. The molecule has 0 amide bonds. The van der Waals surface area contributed by atoms with E-state index in [1.807, 2.05) is 0 Å².